The monoisotopic (exact) mass is 609 g/mol. The molecule has 4 atom stereocenters. The molecule has 1 heterocycles. The van der Waals surface area contributed by atoms with Gasteiger partial charge in [0.05, 0.1) is 24.7 Å². The van der Waals surface area contributed by atoms with Gasteiger partial charge in [-0.05, 0) is 72.7 Å². The third kappa shape index (κ3) is 6.43. The van der Waals surface area contributed by atoms with Crippen LogP contribution in [0, 0.1) is 17.7 Å². The number of hydrogen-bond acceptors (Lipinski definition) is 6. The summed E-state index contributed by atoms with van der Waals surface area (Å²) in [4.78, 5) is 16.4. The summed E-state index contributed by atoms with van der Waals surface area (Å²) in [5, 5.41) is 9.63. The van der Waals surface area contributed by atoms with Gasteiger partial charge in [0.15, 0.2) is 0 Å². The highest BCUT2D eigenvalue weighted by Crippen LogP contribution is 2.61. The van der Waals surface area contributed by atoms with E-state index in [9.17, 15) is 36.2 Å². The lowest BCUT2D eigenvalue weighted by molar-refractivity contribution is -0.145. The molecule has 5 rings (SSSR count). The van der Waals surface area contributed by atoms with E-state index in [1.807, 2.05) is 0 Å². The first kappa shape index (κ1) is 30.7. The Balaban J connectivity index is 1.29. The zero-order chi connectivity index (χ0) is 31.1. The summed E-state index contributed by atoms with van der Waals surface area (Å²) in [6, 6.07) is 8.58. The minimum absolute atomic E-state index is 0.0508. The number of halogens is 6. The molecule has 1 aromatic heterocycles. The zero-order valence-corrected chi connectivity index (χ0v) is 23.3. The van der Waals surface area contributed by atoms with Gasteiger partial charge in [-0.1, -0.05) is 12.1 Å². The maximum atomic E-state index is 14.9. The molecule has 1 saturated carbocycles. The van der Waals surface area contributed by atoms with Crippen molar-refractivity contribution in [1.29, 1.82) is 0 Å². The summed E-state index contributed by atoms with van der Waals surface area (Å²) in [7, 11) is 0. The second-order valence-electron chi connectivity index (χ2n) is 10.9. The number of esters is 1. The van der Waals surface area contributed by atoms with Crippen LogP contribution < -0.4 is 9.47 Å². The number of carbonyl (C=O) groups excluding carboxylic acids is 1. The van der Waals surface area contributed by atoms with Crippen LogP contribution in [0.2, 0.25) is 0 Å². The van der Waals surface area contributed by atoms with E-state index in [-0.39, 0.29) is 71.7 Å². The Bertz CT molecular complexity index is 1490. The van der Waals surface area contributed by atoms with Crippen LogP contribution in [0.5, 0.6) is 11.6 Å². The third-order valence-corrected chi connectivity index (χ3v) is 7.92. The number of carbonyl (C=O) groups is 1. The first-order valence-electron chi connectivity index (χ1n) is 13.7. The Hall–Kier alpha value is -3.80. The van der Waals surface area contributed by atoms with Crippen LogP contribution in [0.15, 0.2) is 48.7 Å². The Labute approximate surface area is 243 Å². The second-order valence-corrected chi connectivity index (χ2v) is 10.9. The molecule has 3 aromatic rings. The lowest BCUT2D eigenvalue weighted by Gasteiger charge is -2.22. The standard InChI is InChI=1S/C31H29F6NO5/c1-3-41-28(39)27-21-10-17-12-25(38-14-22(17)26(21)27)43-15-18-11-20(23(13-24(18)32)31(35,36)37)16-4-6-19(7-5-16)42-9-8-30(2,40)29(33)34/h4-7,11-14,21,26-27,29,40H,3,8-10,15H2,1-2H3. The van der Waals surface area contributed by atoms with Gasteiger partial charge in [0.2, 0.25) is 5.88 Å². The quantitative estimate of drug-likeness (QED) is 0.192. The number of nitrogens with zero attached hydrogens (tertiary/aromatic N) is 1. The number of aromatic nitrogens is 1. The molecule has 43 heavy (non-hydrogen) atoms. The van der Waals surface area contributed by atoms with Gasteiger partial charge < -0.3 is 19.3 Å². The molecule has 4 unspecified atom stereocenters. The fourth-order valence-electron chi connectivity index (χ4n) is 5.48. The molecule has 2 aromatic carbocycles. The van der Waals surface area contributed by atoms with Crippen LogP contribution in [0.3, 0.4) is 0 Å². The largest absolute Gasteiger partial charge is 0.493 e. The van der Waals surface area contributed by atoms with Crippen LogP contribution in [0.1, 0.15) is 48.4 Å². The van der Waals surface area contributed by atoms with Crippen molar-refractivity contribution in [3.63, 3.8) is 0 Å². The predicted octanol–water partition coefficient (Wildman–Crippen LogP) is 6.72. The fourth-order valence-corrected chi connectivity index (χ4v) is 5.48. The lowest BCUT2D eigenvalue weighted by Crippen LogP contribution is -2.35. The summed E-state index contributed by atoms with van der Waals surface area (Å²) >= 11 is 0. The molecule has 0 bridgehead atoms. The first-order chi connectivity index (χ1) is 20.3. The first-order valence-corrected chi connectivity index (χ1v) is 13.7. The van der Waals surface area contributed by atoms with E-state index in [4.69, 9.17) is 14.2 Å². The van der Waals surface area contributed by atoms with Gasteiger partial charge in [0.1, 0.15) is 23.8 Å². The van der Waals surface area contributed by atoms with Crippen molar-refractivity contribution in [2.75, 3.05) is 13.2 Å². The number of rotatable bonds is 11. The molecular weight excluding hydrogens is 580 g/mol. The van der Waals surface area contributed by atoms with E-state index in [0.29, 0.717) is 19.1 Å². The molecule has 6 nitrogen and oxygen atoms in total. The molecule has 2 aliphatic rings. The molecule has 0 saturated heterocycles. The van der Waals surface area contributed by atoms with E-state index in [0.717, 1.165) is 24.1 Å². The van der Waals surface area contributed by atoms with Crippen molar-refractivity contribution in [3.8, 4) is 22.8 Å². The summed E-state index contributed by atoms with van der Waals surface area (Å²) in [5.74, 6) is -0.925. The van der Waals surface area contributed by atoms with Crippen LogP contribution in [-0.4, -0.2) is 41.3 Å². The number of alkyl halides is 5. The van der Waals surface area contributed by atoms with E-state index in [1.54, 1.807) is 19.2 Å². The van der Waals surface area contributed by atoms with E-state index < -0.39 is 29.6 Å². The normalized spacial score (nSPS) is 20.3. The van der Waals surface area contributed by atoms with Crippen molar-refractivity contribution in [2.45, 2.75) is 57.4 Å². The molecule has 1 N–H and O–H groups in total. The summed E-state index contributed by atoms with van der Waals surface area (Å²) in [6.45, 7) is 2.41. The molecule has 0 aliphatic heterocycles. The van der Waals surface area contributed by atoms with Crippen molar-refractivity contribution >= 4 is 5.97 Å². The van der Waals surface area contributed by atoms with Crippen molar-refractivity contribution in [2.24, 2.45) is 11.8 Å². The number of benzene rings is 2. The average Bonchev–Trinajstić information content (AvgIpc) is 3.53. The second kappa shape index (κ2) is 11.7. The lowest BCUT2D eigenvalue weighted by atomic mass is 9.96. The van der Waals surface area contributed by atoms with Gasteiger partial charge in [0, 0.05) is 30.2 Å². The molecule has 0 radical (unpaired) electrons. The van der Waals surface area contributed by atoms with Crippen LogP contribution in [0.25, 0.3) is 11.1 Å². The van der Waals surface area contributed by atoms with Gasteiger partial charge in [-0.15, -0.1) is 0 Å². The van der Waals surface area contributed by atoms with Gasteiger partial charge in [-0.2, -0.15) is 13.2 Å². The number of pyridine rings is 1. The summed E-state index contributed by atoms with van der Waals surface area (Å²) in [6.07, 6.45) is -5.92. The Morgan fingerprint density at radius 2 is 1.84 bits per heavy atom. The highest BCUT2D eigenvalue weighted by Gasteiger charge is 2.60. The minimum Gasteiger partial charge on any atom is -0.493 e. The maximum absolute atomic E-state index is 14.9. The number of aliphatic hydroxyl groups is 1. The van der Waals surface area contributed by atoms with Crippen LogP contribution in [0.4, 0.5) is 26.3 Å². The Kier molecular flexibility index (Phi) is 8.34. The molecule has 2 aliphatic carbocycles. The zero-order valence-electron chi connectivity index (χ0n) is 23.3. The summed E-state index contributed by atoms with van der Waals surface area (Å²) in [5.41, 5.74) is -1.82. The molecule has 0 amide bonds. The molecule has 0 spiro atoms. The topological polar surface area (TPSA) is 77.9 Å². The SMILES string of the molecule is CCOC(=O)C1C2Cc3cc(OCc4cc(-c5ccc(OCCC(C)(O)C(F)F)cc5)c(C(F)(F)F)cc4F)ncc3C21. The third-order valence-electron chi connectivity index (χ3n) is 7.92. The molecule has 1 fully saturated rings. The van der Waals surface area contributed by atoms with Crippen LogP contribution in [-0.2, 0) is 28.7 Å². The van der Waals surface area contributed by atoms with Crippen molar-refractivity contribution < 1.29 is 50.5 Å². The summed E-state index contributed by atoms with van der Waals surface area (Å²) < 4.78 is 98.2. The van der Waals surface area contributed by atoms with E-state index >= 15 is 0 Å². The highest BCUT2D eigenvalue weighted by atomic mass is 19.4. The predicted molar refractivity (Wildman–Crippen MR) is 142 cm³/mol. The molecule has 12 heteroatoms. The van der Waals surface area contributed by atoms with Crippen molar-refractivity contribution in [1.82, 2.24) is 4.98 Å². The Morgan fingerprint density at radius 3 is 2.49 bits per heavy atom. The van der Waals surface area contributed by atoms with Gasteiger partial charge in [-0.3, -0.25) is 4.79 Å². The maximum Gasteiger partial charge on any atom is 0.417 e. The minimum atomic E-state index is -4.85. The van der Waals surface area contributed by atoms with Gasteiger partial charge in [0.25, 0.3) is 6.43 Å². The van der Waals surface area contributed by atoms with E-state index in [1.165, 1.54) is 24.3 Å². The van der Waals surface area contributed by atoms with E-state index in [2.05, 4.69) is 4.98 Å². The van der Waals surface area contributed by atoms with Crippen LogP contribution >= 0.6 is 0 Å². The van der Waals surface area contributed by atoms with Crippen molar-refractivity contribution in [3.05, 3.63) is 76.7 Å². The Morgan fingerprint density at radius 1 is 1.12 bits per heavy atom. The van der Waals surface area contributed by atoms with Gasteiger partial charge in [-0.25, -0.2) is 18.2 Å². The number of ether oxygens (including phenoxy) is 3. The fraction of sp³-hybridized carbons (Fsp3) is 0.419. The highest BCUT2D eigenvalue weighted by molar-refractivity contribution is 5.79. The number of hydrogen-bond donors (Lipinski definition) is 1. The van der Waals surface area contributed by atoms with Gasteiger partial charge >= 0.3 is 12.1 Å². The number of fused-ring (bicyclic) bond motifs is 3. The smallest absolute Gasteiger partial charge is 0.417 e. The molecule has 230 valence electrons. The molecular formula is C31H29F6NO5. The average molecular weight is 610 g/mol.